The molecule has 0 heterocycles. The molecule has 1 N–H and O–H groups in total. The number of rotatable bonds is 24. The van der Waals surface area contributed by atoms with Crippen LogP contribution in [0.3, 0.4) is 0 Å². The molecule has 180 valence electrons. The zero-order valence-electron chi connectivity index (χ0n) is 19.9. The third kappa shape index (κ3) is 20.6. The van der Waals surface area contributed by atoms with E-state index in [9.17, 15) is 13.6 Å². The van der Waals surface area contributed by atoms with Gasteiger partial charge >= 0.3 is 11.9 Å². The van der Waals surface area contributed by atoms with Crippen molar-refractivity contribution in [2.45, 2.75) is 161 Å². The molecule has 0 aliphatic carbocycles. The van der Waals surface area contributed by atoms with Gasteiger partial charge in [0.2, 0.25) is 0 Å². The van der Waals surface area contributed by atoms with Crippen molar-refractivity contribution in [2.75, 3.05) is 0 Å². The summed E-state index contributed by atoms with van der Waals surface area (Å²) in [5.41, 5.74) is 0. The van der Waals surface area contributed by atoms with Crippen LogP contribution in [-0.4, -0.2) is 17.0 Å². The second-order valence-corrected chi connectivity index (χ2v) is 9.18. The van der Waals surface area contributed by atoms with Gasteiger partial charge in [-0.25, -0.2) is 4.79 Å². The standard InChI is InChI=1S/C26H50F2O2/c1-2-3-4-5-6-7-8-9-10-11-12-13-14-15-16-17-18-19-20-21-22-23-24-26(27,28)25(29)30/h2-24H2,1H3,(H,29,30). The van der Waals surface area contributed by atoms with E-state index in [1.807, 2.05) is 0 Å². The Bertz CT molecular complexity index is 372. The van der Waals surface area contributed by atoms with Gasteiger partial charge in [0.15, 0.2) is 0 Å². The van der Waals surface area contributed by atoms with Crippen molar-refractivity contribution < 1.29 is 18.7 Å². The quantitative estimate of drug-likeness (QED) is 0.154. The number of hydrogen-bond donors (Lipinski definition) is 1. The maximum Gasteiger partial charge on any atom is 0.374 e. The smallest absolute Gasteiger partial charge is 0.374 e. The maximum absolute atomic E-state index is 12.9. The summed E-state index contributed by atoms with van der Waals surface area (Å²) >= 11 is 0. The van der Waals surface area contributed by atoms with E-state index in [1.165, 1.54) is 116 Å². The molecule has 0 radical (unpaired) electrons. The molecule has 0 atom stereocenters. The summed E-state index contributed by atoms with van der Waals surface area (Å²) in [7, 11) is 0. The van der Waals surface area contributed by atoms with E-state index < -0.39 is 18.3 Å². The van der Waals surface area contributed by atoms with Crippen molar-refractivity contribution in [2.24, 2.45) is 0 Å². The Morgan fingerprint density at radius 3 is 1.00 bits per heavy atom. The van der Waals surface area contributed by atoms with Crippen molar-refractivity contribution in [3.8, 4) is 0 Å². The average molecular weight is 433 g/mol. The Balaban J connectivity index is 3.11. The minimum atomic E-state index is -3.55. The zero-order chi connectivity index (χ0) is 22.3. The first-order valence-electron chi connectivity index (χ1n) is 13.1. The second-order valence-electron chi connectivity index (χ2n) is 9.18. The minimum absolute atomic E-state index is 0.304. The fraction of sp³-hybridized carbons (Fsp3) is 0.962. The molecule has 0 aromatic carbocycles. The summed E-state index contributed by atoms with van der Waals surface area (Å²) in [5.74, 6) is -5.54. The Hall–Kier alpha value is -0.670. The number of carboxylic acid groups (broad SMARTS) is 1. The molecule has 4 heteroatoms. The number of alkyl halides is 2. The zero-order valence-corrected chi connectivity index (χ0v) is 19.9. The summed E-state index contributed by atoms with van der Waals surface area (Å²) in [5, 5.41) is 8.36. The van der Waals surface area contributed by atoms with Gasteiger partial charge in [-0.1, -0.05) is 142 Å². The van der Waals surface area contributed by atoms with Crippen LogP contribution in [-0.2, 0) is 4.79 Å². The number of aliphatic carboxylic acids is 1. The van der Waals surface area contributed by atoms with Crippen molar-refractivity contribution in [3.63, 3.8) is 0 Å². The molecule has 0 rings (SSSR count). The average Bonchev–Trinajstić information content (AvgIpc) is 2.71. The van der Waals surface area contributed by atoms with Gasteiger partial charge in [0.25, 0.3) is 0 Å². The lowest BCUT2D eigenvalue weighted by molar-refractivity contribution is -0.165. The highest BCUT2D eigenvalue weighted by Gasteiger charge is 2.37. The Kier molecular flexibility index (Phi) is 21.1. The first-order chi connectivity index (χ1) is 14.5. The topological polar surface area (TPSA) is 37.3 Å². The third-order valence-corrected chi connectivity index (χ3v) is 6.16. The number of unbranched alkanes of at least 4 members (excludes halogenated alkanes) is 21. The van der Waals surface area contributed by atoms with Gasteiger partial charge in [-0.15, -0.1) is 0 Å². The largest absolute Gasteiger partial charge is 0.477 e. The van der Waals surface area contributed by atoms with Crippen molar-refractivity contribution >= 4 is 5.97 Å². The summed E-state index contributed by atoms with van der Waals surface area (Å²) in [4.78, 5) is 10.3. The molecule has 2 nitrogen and oxygen atoms in total. The molecule has 0 aliphatic rings. The third-order valence-electron chi connectivity index (χ3n) is 6.16. The molecule has 0 saturated carbocycles. The van der Waals surface area contributed by atoms with E-state index in [2.05, 4.69) is 6.92 Å². The molecule has 30 heavy (non-hydrogen) atoms. The van der Waals surface area contributed by atoms with Gasteiger partial charge in [-0.2, -0.15) is 8.78 Å². The van der Waals surface area contributed by atoms with Crippen LogP contribution in [0.2, 0.25) is 0 Å². The van der Waals surface area contributed by atoms with Crippen LogP contribution in [0.5, 0.6) is 0 Å². The monoisotopic (exact) mass is 432 g/mol. The Morgan fingerprint density at radius 2 is 0.767 bits per heavy atom. The number of carbonyl (C=O) groups is 1. The molecule has 0 saturated heterocycles. The molecule has 0 bridgehead atoms. The first kappa shape index (κ1) is 29.3. The first-order valence-corrected chi connectivity index (χ1v) is 13.1. The second kappa shape index (κ2) is 21.6. The highest BCUT2D eigenvalue weighted by molar-refractivity contribution is 5.75. The van der Waals surface area contributed by atoms with Crippen LogP contribution in [0.25, 0.3) is 0 Å². The van der Waals surface area contributed by atoms with E-state index in [1.54, 1.807) is 0 Å². The van der Waals surface area contributed by atoms with Crippen LogP contribution >= 0.6 is 0 Å². The van der Waals surface area contributed by atoms with Crippen LogP contribution < -0.4 is 0 Å². The number of halogens is 2. The Labute approximate surface area is 185 Å². The summed E-state index contributed by atoms with van der Waals surface area (Å²) in [6.07, 6.45) is 27.2. The molecule has 0 aliphatic heterocycles. The summed E-state index contributed by atoms with van der Waals surface area (Å²) in [6.45, 7) is 2.27. The van der Waals surface area contributed by atoms with E-state index in [-0.39, 0.29) is 0 Å². The molecule has 0 aromatic rings. The molecule has 0 unspecified atom stereocenters. The van der Waals surface area contributed by atoms with Gasteiger partial charge in [0.05, 0.1) is 0 Å². The van der Waals surface area contributed by atoms with Crippen LogP contribution in [0.4, 0.5) is 8.78 Å². The minimum Gasteiger partial charge on any atom is -0.477 e. The predicted octanol–water partition coefficient (Wildman–Crippen LogP) is 9.70. The van der Waals surface area contributed by atoms with E-state index in [0.717, 1.165) is 12.8 Å². The SMILES string of the molecule is CCCCCCCCCCCCCCCCCCCCCCCCC(F)(F)C(=O)O. The summed E-state index contributed by atoms with van der Waals surface area (Å²) < 4.78 is 25.8. The lowest BCUT2D eigenvalue weighted by Crippen LogP contribution is -2.27. The predicted molar refractivity (Wildman–Crippen MR) is 124 cm³/mol. The van der Waals surface area contributed by atoms with E-state index >= 15 is 0 Å². The van der Waals surface area contributed by atoms with Gasteiger partial charge in [-0.05, 0) is 6.42 Å². The van der Waals surface area contributed by atoms with Crippen LogP contribution in [0, 0.1) is 0 Å². The van der Waals surface area contributed by atoms with Gasteiger partial charge in [-0.3, -0.25) is 0 Å². The van der Waals surface area contributed by atoms with Crippen molar-refractivity contribution in [3.05, 3.63) is 0 Å². The fourth-order valence-corrected chi connectivity index (χ4v) is 4.06. The van der Waals surface area contributed by atoms with E-state index in [4.69, 9.17) is 5.11 Å². The van der Waals surface area contributed by atoms with Crippen molar-refractivity contribution in [1.29, 1.82) is 0 Å². The lowest BCUT2D eigenvalue weighted by Gasteiger charge is -2.10. The molecule has 0 spiro atoms. The van der Waals surface area contributed by atoms with Gasteiger partial charge in [0.1, 0.15) is 0 Å². The maximum atomic E-state index is 12.9. The van der Waals surface area contributed by atoms with Crippen molar-refractivity contribution in [1.82, 2.24) is 0 Å². The van der Waals surface area contributed by atoms with Gasteiger partial charge < -0.3 is 5.11 Å². The molecule has 0 fully saturated rings. The highest BCUT2D eigenvalue weighted by Crippen LogP contribution is 2.22. The van der Waals surface area contributed by atoms with Gasteiger partial charge in [0, 0.05) is 6.42 Å². The molecule has 0 aromatic heterocycles. The molecular formula is C26H50F2O2. The fourth-order valence-electron chi connectivity index (χ4n) is 4.06. The number of carboxylic acids is 1. The van der Waals surface area contributed by atoms with Crippen LogP contribution in [0.1, 0.15) is 155 Å². The molecule has 0 amide bonds. The molecular weight excluding hydrogens is 382 g/mol. The highest BCUT2D eigenvalue weighted by atomic mass is 19.3. The Morgan fingerprint density at radius 1 is 0.533 bits per heavy atom. The normalized spacial score (nSPS) is 11.8. The van der Waals surface area contributed by atoms with Crippen LogP contribution in [0.15, 0.2) is 0 Å². The number of hydrogen-bond acceptors (Lipinski definition) is 1. The summed E-state index contributed by atoms with van der Waals surface area (Å²) in [6, 6.07) is 0. The van der Waals surface area contributed by atoms with E-state index in [0.29, 0.717) is 12.8 Å². The lowest BCUT2D eigenvalue weighted by atomic mass is 10.0.